The Labute approximate surface area is 129 Å². The highest BCUT2D eigenvalue weighted by molar-refractivity contribution is 6.26. The number of benzene rings is 2. The van der Waals surface area contributed by atoms with Gasteiger partial charge < -0.3 is 4.74 Å². The van der Waals surface area contributed by atoms with Gasteiger partial charge in [-0.1, -0.05) is 25.5 Å². The predicted molar refractivity (Wildman–Crippen MR) is 85.4 cm³/mol. The summed E-state index contributed by atoms with van der Waals surface area (Å²) < 4.78 is 5.62. The molecule has 0 saturated carbocycles. The monoisotopic (exact) mass is 297 g/mol. The van der Waals surface area contributed by atoms with Crippen LogP contribution in [-0.2, 0) is 0 Å². The molecule has 0 radical (unpaired) electrons. The molecule has 22 heavy (non-hydrogen) atoms. The first-order chi connectivity index (χ1) is 10.7. The average molecular weight is 297 g/mol. The zero-order valence-electron chi connectivity index (χ0n) is 12.9. The number of ether oxygens (including phenoxy) is 1. The van der Waals surface area contributed by atoms with E-state index in [1.165, 1.54) is 4.90 Å². The van der Waals surface area contributed by atoms with Gasteiger partial charge in [-0.15, -0.1) is 0 Å². The lowest BCUT2D eigenvalue weighted by Gasteiger charge is -2.27. The number of nitrogens with zero attached hydrogens (tertiary/aromatic N) is 1. The molecule has 2 aromatic rings. The zero-order valence-corrected chi connectivity index (χ0v) is 12.9. The molecule has 2 aromatic carbocycles. The zero-order chi connectivity index (χ0) is 15.7. The number of unbranched alkanes of at least 4 members (excludes halogenated alkanes) is 1. The van der Waals surface area contributed by atoms with Crippen LogP contribution in [0.15, 0.2) is 30.3 Å². The fraction of sp³-hybridized carbons (Fsp3) is 0.333. The molecule has 0 unspecified atom stereocenters. The van der Waals surface area contributed by atoms with Crippen LogP contribution in [0.5, 0.6) is 5.75 Å². The van der Waals surface area contributed by atoms with Crippen LogP contribution in [-0.4, -0.2) is 29.9 Å². The molecule has 1 aliphatic rings. The van der Waals surface area contributed by atoms with Crippen molar-refractivity contribution in [1.29, 1.82) is 0 Å². The minimum absolute atomic E-state index is 0.204. The number of amides is 2. The molecule has 0 bridgehead atoms. The Hall–Kier alpha value is -2.36. The van der Waals surface area contributed by atoms with Crippen LogP contribution in [0.2, 0.25) is 0 Å². The maximum Gasteiger partial charge on any atom is 0.261 e. The van der Waals surface area contributed by atoms with Crippen molar-refractivity contribution in [2.75, 3.05) is 13.2 Å². The summed E-state index contributed by atoms with van der Waals surface area (Å²) in [5.41, 5.74) is 1.18. The SMILES string of the molecule is CCCCN1C(=O)c2cccc3c(OCC)ccc(c23)C1=O. The van der Waals surface area contributed by atoms with Crippen molar-refractivity contribution < 1.29 is 14.3 Å². The number of carbonyl (C=O) groups is 2. The van der Waals surface area contributed by atoms with E-state index in [4.69, 9.17) is 4.74 Å². The third kappa shape index (κ3) is 2.15. The van der Waals surface area contributed by atoms with Gasteiger partial charge >= 0.3 is 0 Å². The van der Waals surface area contributed by atoms with Crippen LogP contribution >= 0.6 is 0 Å². The van der Waals surface area contributed by atoms with Crippen LogP contribution in [0, 0.1) is 0 Å². The van der Waals surface area contributed by atoms with E-state index >= 15 is 0 Å². The van der Waals surface area contributed by atoms with E-state index in [1.54, 1.807) is 12.1 Å². The first-order valence-electron chi connectivity index (χ1n) is 7.73. The third-order valence-corrected chi connectivity index (χ3v) is 3.99. The van der Waals surface area contributed by atoms with Crippen molar-refractivity contribution in [2.24, 2.45) is 0 Å². The minimum Gasteiger partial charge on any atom is -0.493 e. The Bertz CT molecular complexity index is 729. The Morgan fingerprint density at radius 3 is 2.41 bits per heavy atom. The Morgan fingerprint density at radius 2 is 1.73 bits per heavy atom. The van der Waals surface area contributed by atoms with Crippen LogP contribution in [0.4, 0.5) is 0 Å². The quantitative estimate of drug-likeness (QED) is 0.792. The molecule has 0 spiro atoms. The van der Waals surface area contributed by atoms with Crippen LogP contribution in [0.3, 0.4) is 0 Å². The number of rotatable bonds is 5. The molecule has 0 atom stereocenters. The Kier molecular flexibility index (Phi) is 3.84. The summed E-state index contributed by atoms with van der Waals surface area (Å²) in [6, 6.07) is 9.11. The van der Waals surface area contributed by atoms with E-state index in [9.17, 15) is 9.59 Å². The fourth-order valence-electron chi connectivity index (χ4n) is 2.92. The first-order valence-corrected chi connectivity index (χ1v) is 7.73. The lowest BCUT2D eigenvalue weighted by molar-refractivity contribution is 0.0608. The molecule has 114 valence electrons. The first kappa shape index (κ1) is 14.6. The van der Waals surface area contributed by atoms with E-state index in [2.05, 4.69) is 0 Å². The Balaban J connectivity index is 2.19. The topological polar surface area (TPSA) is 46.6 Å². The summed E-state index contributed by atoms with van der Waals surface area (Å²) in [4.78, 5) is 26.7. The summed E-state index contributed by atoms with van der Waals surface area (Å²) in [5, 5.41) is 1.55. The molecule has 4 heteroatoms. The lowest BCUT2D eigenvalue weighted by Crippen LogP contribution is -2.40. The summed E-state index contributed by atoms with van der Waals surface area (Å²) in [5.74, 6) is 0.307. The van der Waals surface area contributed by atoms with Gasteiger partial charge in [0.15, 0.2) is 0 Å². The number of hydrogen-bond donors (Lipinski definition) is 0. The maximum atomic E-state index is 12.7. The van der Waals surface area contributed by atoms with Crippen molar-refractivity contribution in [3.05, 3.63) is 41.5 Å². The minimum atomic E-state index is -0.204. The lowest BCUT2D eigenvalue weighted by atomic mass is 9.93. The second-order valence-electron chi connectivity index (χ2n) is 5.39. The van der Waals surface area contributed by atoms with Gasteiger partial charge in [0.25, 0.3) is 11.8 Å². The van der Waals surface area contributed by atoms with E-state index in [1.807, 2.05) is 32.0 Å². The number of imide groups is 1. The molecule has 0 aromatic heterocycles. The van der Waals surface area contributed by atoms with E-state index < -0.39 is 0 Å². The normalized spacial score (nSPS) is 13.8. The fourth-order valence-corrected chi connectivity index (χ4v) is 2.92. The highest BCUT2D eigenvalue weighted by Gasteiger charge is 2.32. The van der Waals surface area contributed by atoms with Gasteiger partial charge in [0, 0.05) is 28.4 Å². The molecule has 0 aliphatic carbocycles. The van der Waals surface area contributed by atoms with Crippen molar-refractivity contribution in [3.8, 4) is 5.75 Å². The van der Waals surface area contributed by atoms with Crippen molar-refractivity contribution >= 4 is 22.6 Å². The van der Waals surface area contributed by atoms with E-state index in [0.29, 0.717) is 30.0 Å². The van der Waals surface area contributed by atoms with Gasteiger partial charge in [0.2, 0.25) is 0 Å². The Morgan fingerprint density at radius 1 is 1.00 bits per heavy atom. The molecular weight excluding hydrogens is 278 g/mol. The molecule has 0 saturated heterocycles. The molecule has 4 nitrogen and oxygen atoms in total. The van der Waals surface area contributed by atoms with Crippen LogP contribution < -0.4 is 4.74 Å². The molecule has 0 fully saturated rings. The number of carbonyl (C=O) groups excluding carboxylic acids is 2. The van der Waals surface area contributed by atoms with Gasteiger partial charge in [-0.05, 0) is 31.5 Å². The van der Waals surface area contributed by atoms with Crippen molar-refractivity contribution in [3.63, 3.8) is 0 Å². The van der Waals surface area contributed by atoms with E-state index in [-0.39, 0.29) is 11.8 Å². The number of hydrogen-bond acceptors (Lipinski definition) is 3. The van der Waals surface area contributed by atoms with Gasteiger partial charge in [-0.25, -0.2) is 0 Å². The van der Waals surface area contributed by atoms with Crippen LogP contribution in [0.25, 0.3) is 10.8 Å². The van der Waals surface area contributed by atoms with Crippen LogP contribution in [0.1, 0.15) is 47.4 Å². The summed E-state index contributed by atoms with van der Waals surface area (Å²) in [7, 11) is 0. The largest absolute Gasteiger partial charge is 0.493 e. The highest BCUT2D eigenvalue weighted by atomic mass is 16.5. The molecule has 0 N–H and O–H groups in total. The predicted octanol–water partition coefficient (Wildman–Crippen LogP) is 3.63. The standard InChI is InChI=1S/C18H19NO3/c1-3-5-11-19-17(20)13-8-6-7-12-15(22-4-2)10-9-14(16(12)13)18(19)21/h6-10H,3-5,11H2,1-2H3. The van der Waals surface area contributed by atoms with E-state index in [0.717, 1.165) is 23.6 Å². The third-order valence-electron chi connectivity index (χ3n) is 3.99. The molecule has 1 heterocycles. The van der Waals surface area contributed by atoms with Crippen molar-refractivity contribution in [1.82, 2.24) is 4.90 Å². The summed E-state index contributed by atoms with van der Waals surface area (Å²) >= 11 is 0. The highest BCUT2D eigenvalue weighted by Crippen LogP contribution is 2.35. The second-order valence-corrected chi connectivity index (χ2v) is 5.39. The summed E-state index contributed by atoms with van der Waals surface area (Å²) in [6.45, 7) is 4.97. The average Bonchev–Trinajstić information content (AvgIpc) is 2.53. The van der Waals surface area contributed by atoms with Gasteiger partial charge in [0.05, 0.1) is 6.61 Å². The molecular formula is C18H19NO3. The van der Waals surface area contributed by atoms with Gasteiger partial charge in [0.1, 0.15) is 5.75 Å². The molecule has 2 amide bonds. The van der Waals surface area contributed by atoms with Gasteiger partial charge in [-0.2, -0.15) is 0 Å². The van der Waals surface area contributed by atoms with Gasteiger partial charge in [-0.3, -0.25) is 14.5 Å². The second kappa shape index (κ2) is 5.79. The molecule has 1 aliphatic heterocycles. The van der Waals surface area contributed by atoms with Crippen molar-refractivity contribution in [2.45, 2.75) is 26.7 Å². The summed E-state index contributed by atoms with van der Waals surface area (Å²) in [6.07, 6.45) is 1.76. The maximum absolute atomic E-state index is 12.7. The molecule has 3 rings (SSSR count). The smallest absolute Gasteiger partial charge is 0.261 e.